The second-order valence-electron chi connectivity index (χ2n) is 6.43. The van der Waals surface area contributed by atoms with Gasteiger partial charge in [-0.2, -0.15) is 0 Å². The van der Waals surface area contributed by atoms with E-state index >= 15 is 0 Å². The summed E-state index contributed by atoms with van der Waals surface area (Å²) < 4.78 is 0. The van der Waals surface area contributed by atoms with Crippen molar-refractivity contribution in [1.82, 2.24) is 9.80 Å². The predicted molar refractivity (Wildman–Crippen MR) is 71.0 cm³/mol. The van der Waals surface area contributed by atoms with Crippen LogP contribution in [-0.4, -0.2) is 54.6 Å². The van der Waals surface area contributed by atoms with Gasteiger partial charge < -0.3 is 5.73 Å². The van der Waals surface area contributed by atoms with Crippen LogP contribution >= 0.6 is 0 Å². The first-order valence-electron chi connectivity index (χ1n) is 7.41. The average molecular weight is 237 g/mol. The molecule has 1 saturated carbocycles. The predicted octanol–water partition coefficient (Wildman–Crippen LogP) is 1.28. The normalized spacial score (nSPS) is 38.6. The molecule has 0 amide bonds. The van der Waals surface area contributed by atoms with E-state index in [0.717, 1.165) is 18.5 Å². The van der Waals surface area contributed by atoms with Gasteiger partial charge in [0.2, 0.25) is 0 Å². The molecule has 17 heavy (non-hydrogen) atoms. The van der Waals surface area contributed by atoms with Gasteiger partial charge in [-0.1, -0.05) is 6.42 Å². The van der Waals surface area contributed by atoms with E-state index in [9.17, 15) is 0 Å². The third-order valence-corrected chi connectivity index (χ3v) is 5.69. The second kappa shape index (κ2) is 4.52. The molecule has 2 atom stereocenters. The Bertz CT molecular complexity index is 277. The minimum atomic E-state index is 0.298. The van der Waals surface area contributed by atoms with Crippen LogP contribution in [0.2, 0.25) is 0 Å². The van der Waals surface area contributed by atoms with Gasteiger partial charge >= 0.3 is 0 Å². The Morgan fingerprint density at radius 2 is 2.06 bits per heavy atom. The standard InChI is InChI=1S/C14H27N3/c1-16(10-12-4-2-5-12)14(11-15)7-9-17-8-3-6-13(14)17/h12-13H,2-11,15H2,1H3. The number of hydrogen-bond acceptors (Lipinski definition) is 3. The summed E-state index contributed by atoms with van der Waals surface area (Å²) in [7, 11) is 2.33. The summed E-state index contributed by atoms with van der Waals surface area (Å²) >= 11 is 0. The van der Waals surface area contributed by atoms with E-state index < -0.39 is 0 Å². The van der Waals surface area contributed by atoms with Gasteiger partial charge in [0.1, 0.15) is 0 Å². The molecule has 0 radical (unpaired) electrons. The molecule has 3 rings (SSSR count). The molecule has 3 aliphatic rings. The maximum Gasteiger partial charge on any atom is 0.0496 e. The molecule has 0 bridgehead atoms. The minimum absolute atomic E-state index is 0.298. The quantitative estimate of drug-likeness (QED) is 0.799. The van der Waals surface area contributed by atoms with Crippen LogP contribution in [0.4, 0.5) is 0 Å². The van der Waals surface area contributed by atoms with Gasteiger partial charge in [0.25, 0.3) is 0 Å². The van der Waals surface area contributed by atoms with Gasteiger partial charge in [-0.25, -0.2) is 0 Å². The highest BCUT2D eigenvalue weighted by Crippen LogP contribution is 2.40. The molecule has 1 aliphatic carbocycles. The van der Waals surface area contributed by atoms with Crippen molar-refractivity contribution >= 4 is 0 Å². The Kier molecular flexibility index (Phi) is 3.18. The van der Waals surface area contributed by atoms with E-state index in [2.05, 4.69) is 16.8 Å². The van der Waals surface area contributed by atoms with E-state index in [-0.39, 0.29) is 0 Å². The lowest BCUT2D eigenvalue weighted by molar-refractivity contribution is 0.0607. The summed E-state index contributed by atoms with van der Waals surface area (Å²) in [6, 6.07) is 0.748. The first-order chi connectivity index (χ1) is 8.26. The topological polar surface area (TPSA) is 32.5 Å². The van der Waals surface area contributed by atoms with Crippen LogP contribution < -0.4 is 5.73 Å². The van der Waals surface area contributed by atoms with Gasteiger partial charge in [0, 0.05) is 31.2 Å². The molecule has 2 unspecified atom stereocenters. The van der Waals surface area contributed by atoms with Crippen molar-refractivity contribution in [3.8, 4) is 0 Å². The monoisotopic (exact) mass is 237 g/mol. The van der Waals surface area contributed by atoms with Gasteiger partial charge in [0.05, 0.1) is 0 Å². The maximum absolute atomic E-state index is 6.19. The van der Waals surface area contributed by atoms with E-state index in [1.807, 2.05) is 0 Å². The molecule has 2 heterocycles. The fourth-order valence-corrected chi connectivity index (χ4v) is 4.29. The third-order valence-electron chi connectivity index (χ3n) is 5.69. The van der Waals surface area contributed by atoms with E-state index in [1.165, 1.54) is 58.2 Å². The van der Waals surface area contributed by atoms with Crippen LogP contribution in [0.1, 0.15) is 38.5 Å². The van der Waals surface area contributed by atoms with Crippen LogP contribution in [-0.2, 0) is 0 Å². The van der Waals surface area contributed by atoms with Crippen LogP contribution in [0.5, 0.6) is 0 Å². The molecule has 3 fully saturated rings. The van der Waals surface area contributed by atoms with Crippen molar-refractivity contribution in [3.05, 3.63) is 0 Å². The Morgan fingerprint density at radius 3 is 2.71 bits per heavy atom. The zero-order valence-electron chi connectivity index (χ0n) is 11.2. The SMILES string of the molecule is CN(CC1CCC1)C1(CN)CCN2CCCC21. The van der Waals surface area contributed by atoms with Crippen molar-refractivity contribution in [3.63, 3.8) is 0 Å². The molecule has 3 nitrogen and oxygen atoms in total. The molecular formula is C14H27N3. The number of fused-ring (bicyclic) bond motifs is 1. The summed E-state index contributed by atoms with van der Waals surface area (Å²) in [5, 5.41) is 0. The van der Waals surface area contributed by atoms with E-state index in [0.29, 0.717) is 5.54 Å². The highest BCUT2D eigenvalue weighted by Gasteiger charge is 2.50. The van der Waals surface area contributed by atoms with Crippen LogP contribution in [0.3, 0.4) is 0 Å². The van der Waals surface area contributed by atoms with E-state index in [4.69, 9.17) is 5.73 Å². The van der Waals surface area contributed by atoms with Crippen LogP contribution in [0, 0.1) is 5.92 Å². The highest BCUT2D eigenvalue weighted by molar-refractivity contribution is 5.09. The van der Waals surface area contributed by atoms with Crippen LogP contribution in [0.15, 0.2) is 0 Å². The molecule has 0 spiro atoms. The molecule has 0 aromatic heterocycles. The third kappa shape index (κ3) is 1.83. The molecule has 0 aromatic carbocycles. The highest BCUT2D eigenvalue weighted by atomic mass is 15.3. The maximum atomic E-state index is 6.19. The fourth-order valence-electron chi connectivity index (χ4n) is 4.29. The number of nitrogens with two attached hydrogens (primary N) is 1. The molecule has 2 N–H and O–H groups in total. The Hall–Kier alpha value is -0.120. The van der Waals surface area contributed by atoms with Crippen molar-refractivity contribution in [2.75, 3.05) is 33.2 Å². The number of rotatable bonds is 4. The molecule has 2 aliphatic heterocycles. The van der Waals surface area contributed by atoms with Gasteiger partial charge in [-0.05, 0) is 51.6 Å². The first-order valence-corrected chi connectivity index (χ1v) is 7.41. The fraction of sp³-hybridized carbons (Fsp3) is 1.00. The molecule has 98 valence electrons. The molecule has 3 heteroatoms. The summed E-state index contributed by atoms with van der Waals surface area (Å²) in [5.74, 6) is 0.957. The lowest BCUT2D eigenvalue weighted by Gasteiger charge is -2.45. The van der Waals surface area contributed by atoms with Gasteiger partial charge in [-0.15, -0.1) is 0 Å². The smallest absolute Gasteiger partial charge is 0.0496 e. The van der Waals surface area contributed by atoms with E-state index in [1.54, 1.807) is 0 Å². The summed E-state index contributed by atoms with van der Waals surface area (Å²) in [4.78, 5) is 5.32. The summed E-state index contributed by atoms with van der Waals surface area (Å²) in [5.41, 5.74) is 6.49. The zero-order chi connectivity index (χ0) is 11.9. The van der Waals surface area contributed by atoms with Crippen molar-refractivity contribution in [1.29, 1.82) is 0 Å². The Labute approximate surface area is 105 Å². The molecule has 0 aromatic rings. The largest absolute Gasteiger partial charge is 0.329 e. The van der Waals surface area contributed by atoms with Crippen molar-refractivity contribution in [2.24, 2.45) is 11.7 Å². The average Bonchev–Trinajstić information content (AvgIpc) is 2.84. The van der Waals surface area contributed by atoms with Crippen molar-refractivity contribution in [2.45, 2.75) is 50.1 Å². The summed E-state index contributed by atoms with van der Waals surface area (Å²) in [6.07, 6.45) is 8.37. The number of likely N-dealkylation sites (N-methyl/N-ethyl adjacent to an activating group) is 1. The lowest BCUT2D eigenvalue weighted by Crippen LogP contribution is -2.59. The lowest BCUT2D eigenvalue weighted by atomic mass is 9.81. The first kappa shape index (κ1) is 11.9. The van der Waals surface area contributed by atoms with Crippen LogP contribution in [0.25, 0.3) is 0 Å². The Balaban J connectivity index is 1.71. The molecular weight excluding hydrogens is 210 g/mol. The number of hydrogen-bond donors (Lipinski definition) is 1. The summed E-state index contributed by atoms with van der Waals surface area (Å²) in [6.45, 7) is 4.71. The zero-order valence-corrected chi connectivity index (χ0v) is 11.2. The van der Waals surface area contributed by atoms with Gasteiger partial charge in [-0.3, -0.25) is 9.80 Å². The number of nitrogens with zero attached hydrogens (tertiary/aromatic N) is 2. The Morgan fingerprint density at radius 1 is 1.24 bits per heavy atom. The van der Waals surface area contributed by atoms with Crippen molar-refractivity contribution < 1.29 is 0 Å². The van der Waals surface area contributed by atoms with Gasteiger partial charge in [0.15, 0.2) is 0 Å². The minimum Gasteiger partial charge on any atom is -0.329 e. The molecule has 2 saturated heterocycles. The second-order valence-corrected chi connectivity index (χ2v) is 6.43.